The van der Waals surface area contributed by atoms with Gasteiger partial charge < -0.3 is 16.0 Å². The number of carbonyl (C=O) groups is 2. The van der Waals surface area contributed by atoms with Crippen molar-refractivity contribution in [3.8, 4) is 0 Å². The van der Waals surface area contributed by atoms with Crippen molar-refractivity contribution in [1.82, 2.24) is 29.9 Å². The molecule has 2 aromatic heterocycles. The second-order valence-electron chi connectivity index (χ2n) is 7.69. The summed E-state index contributed by atoms with van der Waals surface area (Å²) in [6.07, 6.45) is -0.187. The highest BCUT2D eigenvalue weighted by Gasteiger charge is 2.41. The van der Waals surface area contributed by atoms with Crippen molar-refractivity contribution < 1.29 is 14.0 Å². The van der Waals surface area contributed by atoms with E-state index in [2.05, 4.69) is 25.8 Å². The number of hydrogen-bond acceptors (Lipinski definition) is 7. The number of nitrogens with two attached hydrogens (primary N) is 1. The summed E-state index contributed by atoms with van der Waals surface area (Å²) in [7, 11) is 0. The monoisotopic (exact) mass is 434 g/mol. The highest BCUT2D eigenvalue weighted by Crippen LogP contribution is 2.28. The van der Waals surface area contributed by atoms with Crippen molar-refractivity contribution in [2.24, 2.45) is 5.73 Å². The fourth-order valence-electron chi connectivity index (χ4n) is 3.82. The molecule has 3 heterocycles. The van der Waals surface area contributed by atoms with Gasteiger partial charge in [0.05, 0.1) is 11.0 Å². The summed E-state index contributed by atoms with van der Waals surface area (Å²) in [6.45, 7) is 0.272. The zero-order valence-electron chi connectivity index (χ0n) is 16.9. The Morgan fingerprint density at radius 2 is 1.78 bits per heavy atom. The average molecular weight is 434 g/mol. The Morgan fingerprint density at radius 1 is 1.06 bits per heavy atom. The van der Waals surface area contributed by atoms with E-state index in [1.807, 2.05) is 24.3 Å². The number of amides is 2. The zero-order valence-corrected chi connectivity index (χ0v) is 16.9. The number of fused-ring (bicyclic) bond motifs is 3. The summed E-state index contributed by atoms with van der Waals surface area (Å²) >= 11 is 0. The summed E-state index contributed by atoms with van der Waals surface area (Å²) in [5.74, 6) is -0.718. The molecule has 0 unspecified atom stereocenters. The van der Waals surface area contributed by atoms with E-state index in [1.54, 1.807) is 28.8 Å². The van der Waals surface area contributed by atoms with Crippen LogP contribution in [0.5, 0.6) is 0 Å². The molecule has 0 saturated carbocycles. The lowest BCUT2D eigenvalue weighted by Crippen LogP contribution is -2.50. The van der Waals surface area contributed by atoms with Crippen LogP contribution >= 0.6 is 0 Å². The van der Waals surface area contributed by atoms with Crippen molar-refractivity contribution in [3.05, 3.63) is 54.1 Å². The number of rotatable bonds is 4. The van der Waals surface area contributed by atoms with E-state index in [1.165, 1.54) is 4.90 Å². The lowest BCUT2D eigenvalue weighted by molar-refractivity contribution is -0.132. The summed E-state index contributed by atoms with van der Waals surface area (Å²) in [5.41, 5.74) is 6.23. The fraction of sp³-hybridized carbons (Fsp3) is 0.238. The molecule has 11 heteroatoms. The third-order valence-electron chi connectivity index (χ3n) is 5.70. The number of hydrogen-bond donors (Lipinski definition) is 2. The molecule has 2 aromatic carbocycles. The lowest BCUT2D eigenvalue weighted by Gasteiger charge is -2.34. The van der Waals surface area contributed by atoms with Gasteiger partial charge in [0.2, 0.25) is 5.65 Å². The molecule has 3 N–H and O–H groups in total. The van der Waals surface area contributed by atoms with Crippen LogP contribution in [0.15, 0.2) is 48.5 Å². The summed E-state index contributed by atoms with van der Waals surface area (Å²) in [6, 6.07) is 14.4. The number of likely N-dealkylation sites (tertiary alicyclic amines) is 1. The Hall–Kier alpha value is -4.15. The van der Waals surface area contributed by atoms with E-state index in [-0.39, 0.29) is 31.8 Å². The molecular formula is C21H19FN8O2. The Morgan fingerprint density at radius 3 is 2.50 bits per heavy atom. The molecule has 2 amide bonds. The van der Waals surface area contributed by atoms with Gasteiger partial charge in [-0.1, -0.05) is 12.1 Å². The van der Waals surface area contributed by atoms with Gasteiger partial charge in [-0.2, -0.15) is 4.52 Å². The maximum atomic E-state index is 14.3. The number of piperidine rings is 1. The number of anilines is 2. The Kier molecular flexibility index (Phi) is 4.65. The summed E-state index contributed by atoms with van der Waals surface area (Å²) in [4.78, 5) is 30.2. The second kappa shape index (κ2) is 7.52. The van der Waals surface area contributed by atoms with E-state index >= 15 is 0 Å². The van der Waals surface area contributed by atoms with Gasteiger partial charge in [0, 0.05) is 37.2 Å². The highest BCUT2D eigenvalue weighted by atomic mass is 19.1. The average Bonchev–Trinajstić information content (AvgIpc) is 3.30. The van der Waals surface area contributed by atoms with E-state index in [0.29, 0.717) is 22.7 Å². The van der Waals surface area contributed by atoms with E-state index in [4.69, 9.17) is 5.73 Å². The molecule has 1 aliphatic rings. The molecule has 0 bridgehead atoms. The maximum absolute atomic E-state index is 14.3. The molecular weight excluding hydrogens is 415 g/mol. The Bertz CT molecular complexity index is 1330. The number of benzene rings is 2. The largest absolute Gasteiger partial charge is 0.367 e. The molecule has 1 fully saturated rings. The molecule has 0 aliphatic carbocycles. The molecule has 1 saturated heterocycles. The molecule has 0 radical (unpaired) electrons. The minimum absolute atomic E-state index is 0.0935. The van der Waals surface area contributed by atoms with Crippen LogP contribution in [0.3, 0.4) is 0 Å². The van der Waals surface area contributed by atoms with Crippen molar-refractivity contribution in [2.45, 2.75) is 18.5 Å². The SMILES string of the molecule is NC(=O)C1(F)CCN(C(=O)c2ccc(Nc3nc4ccccc4n4nnnc34)cc2)CC1. The first kappa shape index (κ1) is 19.8. The van der Waals surface area contributed by atoms with Gasteiger partial charge in [-0.3, -0.25) is 9.59 Å². The number of nitrogens with one attached hydrogen (secondary N) is 1. The standard InChI is InChI=1S/C21H19FN8O2/c22-21(20(23)32)9-11-29(12-10-21)19(31)13-5-7-14(8-6-13)24-17-18-26-27-28-30(18)16-4-2-1-3-15(16)25-17/h1-8H,9-12H2,(H2,23,32)(H,24,25). The van der Waals surface area contributed by atoms with Gasteiger partial charge >= 0.3 is 0 Å². The first-order valence-electron chi connectivity index (χ1n) is 10.1. The zero-order chi connectivity index (χ0) is 22.3. The molecule has 10 nitrogen and oxygen atoms in total. The van der Waals surface area contributed by atoms with E-state index < -0.39 is 11.6 Å². The molecule has 4 aromatic rings. The number of aromatic nitrogens is 5. The van der Waals surface area contributed by atoms with Crippen LogP contribution < -0.4 is 11.1 Å². The van der Waals surface area contributed by atoms with E-state index in [0.717, 1.165) is 11.0 Å². The molecule has 32 heavy (non-hydrogen) atoms. The van der Waals surface area contributed by atoms with Gasteiger partial charge in [-0.25, -0.2) is 9.37 Å². The Balaban J connectivity index is 1.34. The third kappa shape index (κ3) is 3.37. The third-order valence-corrected chi connectivity index (χ3v) is 5.70. The number of carbonyl (C=O) groups excluding carboxylic acids is 2. The Labute approximate surface area is 181 Å². The number of alkyl halides is 1. The van der Waals surface area contributed by atoms with Crippen LogP contribution in [0.1, 0.15) is 23.2 Å². The quantitative estimate of drug-likeness (QED) is 0.501. The fourth-order valence-corrected chi connectivity index (χ4v) is 3.82. The van der Waals surface area contributed by atoms with Crippen LogP contribution in [0.4, 0.5) is 15.9 Å². The number of para-hydroxylation sites is 2. The molecule has 1 aliphatic heterocycles. The molecule has 162 valence electrons. The normalized spacial score (nSPS) is 15.7. The van der Waals surface area contributed by atoms with Gasteiger partial charge in [-0.05, 0) is 46.8 Å². The highest BCUT2D eigenvalue weighted by molar-refractivity contribution is 5.95. The lowest BCUT2D eigenvalue weighted by atomic mass is 9.92. The maximum Gasteiger partial charge on any atom is 0.255 e. The molecule has 5 rings (SSSR count). The second-order valence-corrected chi connectivity index (χ2v) is 7.69. The van der Waals surface area contributed by atoms with Crippen molar-refractivity contribution in [2.75, 3.05) is 18.4 Å². The number of primary amides is 1. The van der Waals surface area contributed by atoms with Crippen LogP contribution in [-0.4, -0.2) is 60.5 Å². The topological polar surface area (TPSA) is 131 Å². The van der Waals surface area contributed by atoms with Crippen LogP contribution in [0.2, 0.25) is 0 Å². The smallest absolute Gasteiger partial charge is 0.255 e. The van der Waals surface area contributed by atoms with Crippen molar-refractivity contribution >= 4 is 40.0 Å². The van der Waals surface area contributed by atoms with Gasteiger partial charge in [0.1, 0.15) is 0 Å². The minimum atomic E-state index is -2.04. The first-order chi connectivity index (χ1) is 15.4. The van der Waals surface area contributed by atoms with Gasteiger partial charge in [0.25, 0.3) is 11.8 Å². The predicted octanol–water partition coefficient (Wildman–Crippen LogP) is 1.85. The first-order valence-corrected chi connectivity index (χ1v) is 10.1. The van der Waals surface area contributed by atoms with Crippen LogP contribution in [-0.2, 0) is 4.79 Å². The summed E-state index contributed by atoms with van der Waals surface area (Å²) < 4.78 is 15.9. The predicted molar refractivity (Wildman–Crippen MR) is 114 cm³/mol. The van der Waals surface area contributed by atoms with Crippen LogP contribution in [0.25, 0.3) is 16.7 Å². The van der Waals surface area contributed by atoms with Crippen molar-refractivity contribution in [3.63, 3.8) is 0 Å². The van der Waals surface area contributed by atoms with Crippen LogP contribution in [0, 0.1) is 0 Å². The van der Waals surface area contributed by atoms with E-state index in [9.17, 15) is 14.0 Å². The number of tetrazole rings is 1. The summed E-state index contributed by atoms with van der Waals surface area (Å²) in [5, 5.41) is 15.0. The molecule has 0 spiro atoms. The van der Waals surface area contributed by atoms with Crippen molar-refractivity contribution in [1.29, 1.82) is 0 Å². The van der Waals surface area contributed by atoms with Gasteiger partial charge in [0.15, 0.2) is 11.5 Å². The van der Waals surface area contributed by atoms with Gasteiger partial charge in [-0.15, -0.1) is 5.10 Å². The minimum Gasteiger partial charge on any atom is -0.367 e. The number of nitrogens with zero attached hydrogens (tertiary/aromatic N) is 6. The molecule has 0 atom stereocenters. The number of halogens is 1.